The van der Waals surface area contributed by atoms with Gasteiger partial charge < -0.3 is 14.8 Å². The van der Waals surface area contributed by atoms with E-state index in [0.717, 1.165) is 12.1 Å². The first-order chi connectivity index (χ1) is 18.7. The van der Waals surface area contributed by atoms with Crippen LogP contribution in [0.15, 0.2) is 65.0 Å². The predicted molar refractivity (Wildman–Crippen MR) is 139 cm³/mol. The summed E-state index contributed by atoms with van der Waals surface area (Å²) in [7, 11) is 0. The highest BCUT2D eigenvalue weighted by molar-refractivity contribution is 6.04. The third-order valence-corrected chi connectivity index (χ3v) is 6.90. The maximum absolute atomic E-state index is 13.4. The molecule has 0 saturated carbocycles. The Kier molecular flexibility index (Phi) is 7.78. The third-order valence-electron chi connectivity index (χ3n) is 6.90. The Morgan fingerprint density at radius 2 is 1.90 bits per heavy atom. The second-order valence-electron chi connectivity index (χ2n) is 10.6. The van der Waals surface area contributed by atoms with Gasteiger partial charge in [0.05, 0.1) is 22.7 Å². The Morgan fingerprint density at radius 3 is 2.55 bits per heavy atom. The van der Waals surface area contributed by atoms with Crippen molar-refractivity contribution in [2.45, 2.75) is 59.2 Å². The van der Waals surface area contributed by atoms with E-state index in [1.807, 2.05) is 13.8 Å². The van der Waals surface area contributed by atoms with Gasteiger partial charge in [0.25, 0.3) is 0 Å². The van der Waals surface area contributed by atoms with E-state index < -0.39 is 34.2 Å². The normalized spacial score (nSPS) is 18.7. The number of ketones is 1. The molecule has 0 amide bonds. The molecule has 1 heterocycles. The molecule has 1 aliphatic heterocycles. The van der Waals surface area contributed by atoms with Crippen molar-refractivity contribution in [2.75, 3.05) is 6.61 Å². The molecule has 0 fully saturated rings. The number of Topliss-reactive ketones (excluding diaryl/α,β-unsaturated/α-hetero) is 1. The molecule has 8 nitrogen and oxygen atoms in total. The molecule has 11 heteroatoms. The number of rotatable bonds is 7. The van der Waals surface area contributed by atoms with Gasteiger partial charge >= 0.3 is 17.8 Å². The van der Waals surface area contributed by atoms with Gasteiger partial charge in [-0.05, 0) is 55.0 Å². The predicted octanol–water partition coefficient (Wildman–Crippen LogP) is 6.36. The van der Waals surface area contributed by atoms with Crippen LogP contribution >= 0.6 is 0 Å². The van der Waals surface area contributed by atoms with Gasteiger partial charge in [-0.1, -0.05) is 32.0 Å². The monoisotopic (exact) mass is 558 g/mol. The Balaban J connectivity index is 1.75. The fraction of sp³-hybridized carbons (Fsp3) is 0.379. The molecular weight excluding hydrogens is 529 g/mol. The average molecular weight is 559 g/mol. The number of nitrogens with one attached hydrogen (secondary N) is 1. The van der Waals surface area contributed by atoms with Gasteiger partial charge in [-0.15, -0.1) is 0 Å². The number of alkyl halides is 3. The summed E-state index contributed by atoms with van der Waals surface area (Å²) in [6.07, 6.45) is -3.77. The first-order valence-corrected chi connectivity index (χ1v) is 12.7. The van der Waals surface area contributed by atoms with Crippen LogP contribution in [-0.2, 0) is 27.1 Å². The molecule has 2 aliphatic rings. The highest BCUT2D eigenvalue weighted by Crippen LogP contribution is 2.48. The summed E-state index contributed by atoms with van der Waals surface area (Å²) in [6, 6.07) is 8.59. The van der Waals surface area contributed by atoms with Crippen molar-refractivity contribution in [3.05, 3.63) is 91.8 Å². The Labute approximate surface area is 229 Å². The number of halogens is 3. The number of carbonyl (C=O) groups is 2. The molecule has 0 spiro atoms. The smallest absolute Gasteiger partial charge is 0.416 e. The van der Waals surface area contributed by atoms with Gasteiger partial charge in [0.2, 0.25) is 0 Å². The fourth-order valence-corrected chi connectivity index (χ4v) is 5.23. The maximum atomic E-state index is 13.4. The van der Waals surface area contributed by atoms with E-state index in [1.165, 1.54) is 30.3 Å². The van der Waals surface area contributed by atoms with Crippen molar-refractivity contribution in [1.29, 1.82) is 0 Å². The second-order valence-corrected chi connectivity index (χ2v) is 10.6. The number of carbonyl (C=O) groups excluding carboxylic acids is 2. The minimum atomic E-state index is -4.54. The quantitative estimate of drug-likeness (QED) is 0.239. The summed E-state index contributed by atoms with van der Waals surface area (Å²) in [5, 5.41) is 15.2. The molecule has 0 radical (unpaired) electrons. The third kappa shape index (κ3) is 5.88. The Bertz CT molecular complexity index is 1440. The van der Waals surface area contributed by atoms with Crippen LogP contribution in [0.2, 0.25) is 0 Å². The number of benzene rings is 2. The van der Waals surface area contributed by atoms with Gasteiger partial charge in [-0.2, -0.15) is 13.2 Å². The van der Waals surface area contributed by atoms with Crippen LogP contribution in [0, 0.1) is 15.5 Å². The van der Waals surface area contributed by atoms with E-state index in [0.29, 0.717) is 29.0 Å². The standard InChI is InChI=1S/C29H29F3N2O6/c1-5-39-27(36)24-16(2)33-20-13-28(3,4)14-22(35)26(20)25(24)18-9-10-23(21(12-18)34(37)38)40-15-17-7-6-8-19(11-17)29(30,31)32/h6-12,25,33H,5,13-15H2,1-4H3/t25-/m1/s1. The van der Waals surface area contributed by atoms with E-state index in [2.05, 4.69) is 5.32 Å². The number of ether oxygens (including phenoxy) is 2. The molecule has 1 atom stereocenters. The summed E-state index contributed by atoms with van der Waals surface area (Å²) < 4.78 is 50.1. The second kappa shape index (κ2) is 10.8. The van der Waals surface area contributed by atoms with Crippen molar-refractivity contribution in [1.82, 2.24) is 5.32 Å². The number of allylic oxidation sites excluding steroid dienone is 3. The molecule has 4 rings (SSSR count). The topological polar surface area (TPSA) is 108 Å². The number of esters is 1. The Morgan fingerprint density at radius 1 is 1.18 bits per heavy atom. The minimum absolute atomic E-state index is 0.0949. The lowest BCUT2D eigenvalue weighted by Crippen LogP contribution is -2.38. The molecule has 1 aliphatic carbocycles. The zero-order chi connectivity index (χ0) is 29.4. The lowest BCUT2D eigenvalue weighted by molar-refractivity contribution is -0.386. The number of hydrogen-bond acceptors (Lipinski definition) is 7. The number of dihydropyridines is 1. The minimum Gasteiger partial charge on any atom is -0.482 e. The fourth-order valence-electron chi connectivity index (χ4n) is 5.23. The van der Waals surface area contributed by atoms with Gasteiger partial charge in [0, 0.05) is 35.4 Å². The SMILES string of the molecule is CCOC(=O)C1=C(C)NC2=C(C(=O)CC(C)(C)C2)[C@@H]1c1ccc(OCc2cccc(C(F)(F)F)c2)c([N+](=O)[O-])c1. The van der Waals surface area contributed by atoms with E-state index in [-0.39, 0.29) is 47.7 Å². The molecule has 1 N–H and O–H groups in total. The molecular formula is C29H29F3N2O6. The Hall–Kier alpha value is -4.15. The molecule has 2 aromatic rings. The van der Waals surface area contributed by atoms with Gasteiger partial charge in [-0.25, -0.2) is 4.79 Å². The number of nitrogens with zero attached hydrogens (tertiary/aromatic N) is 1. The first-order valence-electron chi connectivity index (χ1n) is 12.7. The highest BCUT2D eigenvalue weighted by atomic mass is 19.4. The van der Waals surface area contributed by atoms with Crippen molar-refractivity contribution >= 4 is 17.4 Å². The summed E-state index contributed by atoms with van der Waals surface area (Å²) in [4.78, 5) is 37.8. The summed E-state index contributed by atoms with van der Waals surface area (Å²) in [5.74, 6) is -1.89. The zero-order valence-electron chi connectivity index (χ0n) is 22.5. The average Bonchev–Trinajstić information content (AvgIpc) is 2.85. The lowest BCUT2D eigenvalue weighted by atomic mass is 9.68. The zero-order valence-corrected chi connectivity index (χ0v) is 22.5. The summed E-state index contributed by atoms with van der Waals surface area (Å²) in [6.45, 7) is 7.03. The van der Waals surface area contributed by atoms with Gasteiger partial charge in [0.1, 0.15) is 6.61 Å². The summed E-state index contributed by atoms with van der Waals surface area (Å²) in [5.41, 5.74) is 0.562. The van der Waals surface area contributed by atoms with Crippen LogP contribution in [0.4, 0.5) is 18.9 Å². The number of nitro benzene ring substituents is 1. The van der Waals surface area contributed by atoms with Gasteiger partial charge in [-0.3, -0.25) is 14.9 Å². The van der Waals surface area contributed by atoms with E-state index in [9.17, 15) is 32.9 Å². The molecule has 212 valence electrons. The summed E-state index contributed by atoms with van der Waals surface area (Å²) >= 11 is 0. The molecule has 0 unspecified atom stereocenters. The maximum Gasteiger partial charge on any atom is 0.416 e. The first kappa shape index (κ1) is 28.8. The van der Waals surface area contributed by atoms with E-state index in [1.54, 1.807) is 13.8 Å². The molecule has 0 saturated heterocycles. The van der Waals surface area contributed by atoms with Crippen molar-refractivity contribution in [2.24, 2.45) is 5.41 Å². The van der Waals surface area contributed by atoms with E-state index in [4.69, 9.17) is 9.47 Å². The number of nitro groups is 1. The largest absolute Gasteiger partial charge is 0.482 e. The van der Waals surface area contributed by atoms with Gasteiger partial charge in [0.15, 0.2) is 11.5 Å². The van der Waals surface area contributed by atoms with Crippen molar-refractivity contribution in [3.63, 3.8) is 0 Å². The van der Waals surface area contributed by atoms with E-state index >= 15 is 0 Å². The van der Waals surface area contributed by atoms with Crippen LogP contribution in [0.25, 0.3) is 0 Å². The molecule has 40 heavy (non-hydrogen) atoms. The lowest BCUT2D eigenvalue weighted by Gasteiger charge is -2.39. The molecule has 0 bridgehead atoms. The van der Waals surface area contributed by atoms with Crippen molar-refractivity contribution in [3.8, 4) is 5.75 Å². The van der Waals surface area contributed by atoms with Crippen LogP contribution in [-0.4, -0.2) is 23.3 Å². The van der Waals surface area contributed by atoms with Crippen LogP contribution in [0.1, 0.15) is 63.1 Å². The molecule has 0 aromatic heterocycles. The number of hydrogen-bond donors (Lipinski definition) is 1. The van der Waals surface area contributed by atoms with Crippen LogP contribution < -0.4 is 10.1 Å². The van der Waals surface area contributed by atoms with Crippen LogP contribution in [0.3, 0.4) is 0 Å². The van der Waals surface area contributed by atoms with Crippen molar-refractivity contribution < 1.29 is 37.2 Å². The molecule has 2 aromatic carbocycles. The highest BCUT2D eigenvalue weighted by Gasteiger charge is 2.43. The van der Waals surface area contributed by atoms with Crippen LogP contribution in [0.5, 0.6) is 5.75 Å².